The van der Waals surface area contributed by atoms with Gasteiger partial charge < -0.3 is 10.2 Å². The highest BCUT2D eigenvalue weighted by Gasteiger charge is 2.26. The molecule has 6 heteroatoms. The molecule has 1 aromatic carbocycles. The highest BCUT2D eigenvalue weighted by atomic mass is 32.2. The Bertz CT molecular complexity index is 693. The van der Waals surface area contributed by atoms with Crippen molar-refractivity contribution in [1.82, 2.24) is 15.3 Å². The lowest BCUT2D eigenvalue weighted by molar-refractivity contribution is -0.125. The number of aryl methyl sites for hydroxylation is 1. The quantitative estimate of drug-likeness (QED) is 0.759. The van der Waals surface area contributed by atoms with Gasteiger partial charge in [0.1, 0.15) is 0 Å². The van der Waals surface area contributed by atoms with Gasteiger partial charge in [-0.05, 0) is 31.4 Å². The maximum atomic E-state index is 12.5. The number of thioether (sulfide) groups is 1. The van der Waals surface area contributed by atoms with Gasteiger partial charge in [0.25, 0.3) is 0 Å². The van der Waals surface area contributed by atoms with Crippen LogP contribution in [0, 0.1) is 12.8 Å². The topological polar surface area (TPSA) is 58.1 Å². The monoisotopic (exact) mass is 370 g/mol. The predicted octanol–water partition coefficient (Wildman–Crippen LogP) is 3.05. The molecule has 0 spiro atoms. The van der Waals surface area contributed by atoms with Gasteiger partial charge in [0.15, 0.2) is 0 Å². The van der Waals surface area contributed by atoms with E-state index >= 15 is 0 Å². The van der Waals surface area contributed by atoms with E-state index in [0.717, 1.165) is 36.8 Å². The molecule has 1 atom stereocenters. The summed E-state index contributed by atoms with van der Waals surface area (Å²) < 4.78 is 0. The van der Waals surface area contributed by atoms with Crippen molar-refractivity contribution in [2.45, 2.75) is 25.5 Å². The molecule has 1 aliphatic rings. The largest absolute Gasteiger partial charge is 0.355 e. The van der Waals surface area contributed by atoms with Crippen LogP contribution in [0.2, 0.25) is 0 Å². The van der Waals surface area contributed by atoms with Gasteiger partial charge in [-0.2, -0.15) is 11.8 Å². The van der Waals surface area contributed by atoms with Crippen molar-refractivity contribution in [3.63, 3.8) is 0 Å². The number of aromatic nitrogens is 2. The summed E-state index contributed by atoms with van der Waals surface area (Å²) >= 11 is 1.85. The Kier molecular flexibility index (Phi) is 6.89. The molecule has 1 aliphatic heterocycles. The SMILES string of the molecule is Cc1ccc(CSCCNC(=O)C2CCCN(c3ncccn3)C2)cc1. The minimum absolute atomic E-state index is 0.0228. The Labute approximate surface area is 159 Å². The first-order valence-corrected chi connectivity index (χ1v) is 10.3. The first kappa shape index (κ1) is 18.7. The van der Waals surface area contributed by atoms with Crippen LogP contribution in [0.1, 0.15) is 24.0 Å². The second kappa shape index (κ2) is 9.57. The van der Waals surface area contributed by atoms with Crippen LogP contribution in [0.25, 0.3) is 0 Å². The number of amides is 1. The molecular weight excluding hydrogens is 344 g/mol. The Morgan fingerprint density at radius 1 is 1.27 bits per heavy atom. The zero-order valence-electron chi connectivity index (χ0n) is 15.2. The van der Waals surface area contributed by atoms with Gasteiger partial charge in [-0.3, -0.25) is 4.79 Å². The van der Waals surface area contributed by atoms with Crippen LogP contribution >= 0.6 is 11.8 Å². The van der Waals surface area contributed by atoms with E-state index in [0.29, 0.717) is 13.1 Å². The number of nitrogens with zero attached hydrogens (tertiary/aromatic N) is 3. The van der Waals surface area contributed by atoms with E-state index in [1.165, 1.54) is 11.1 Å². The number of hydrogen-bond donors (Lipinski definition) is 1. The fourth-order valence-corrected chi connectivity index (χ4v) is 3.91. The Morgan fingerprint density at radius 3 is 2.81 bits per heavy atom. The summed E-state index contributed by atoms with van der Waals surface area (Å²) in [5.74, 6) is 2.81. The maximum absolute atomic E-state index is 12.5. The molecule has 1 unspecified atom stereocenters. The van der Waals surface area contributed by atoms with E-state index in [2.05, 4.69) is 51.4 Å². The number of rotatable bonds is 7. The highest BCUT2D eigenvalue weighted by Crippen LogP contribution is 2.20. The van der Waals surface area contributed by atoms with Crippen LogP contribution in [0.4, 0.5) is 5.95 Å². The van der Waals surface area contributed by atoms with Crippen molar-refractivity contribution in [3.05, 3.63) is 53.9 Å². The smallest absolute Gasteiger partial charge is 0.225 e. The van der Waals surface area contributed by atoms with E-state index in [-0.39, 0.29) is 11.8 Å². The third-order valence-electron chi connectivity index (χ3n) is 4.56. The second-order valence-corrected chi connectivity index (χ2v) is 7.77. The van der Waals surface area contributed by atoms with Crippen molar-refractivity contribution >= 4 is 23.6 Å². The van der Waals surface area contributed by atoms with E-state index in [4.69, 9.17) is 0 Å². The molecule has 0 saturated carbocycles. The molecular formula is C20H26N4OS. The summed E-state index contributed by atoms with van der Waals surface area (Å²) in [5, 5.41) is 3.09. The van der Waals surface area contributed by atoms with Crippen molar-refractivity contribution in [2.24, 2.45) is 5.92 Å². The molecule has 5 nitrogen and oxygen atoms in total. The lowest BCUT2D eigenvalue weighted by Gasteiger charge is -2.31. The Hall–Kier alpha value is -2.08. The molecule has 26 heavy (non-hydrogen) atoms. The molecule has 138 valence electrons. The number of nitrogens with one attached hydrogen (secondary N) is 1. The fourth-order valence-electron chi connectivity index (χ4n) is 3.09. The lowest BCUT2D eigenvalue weighted by atomic mass is 9.97. The lowest BCUT2D eigenvalue weighted by Crippen LogP contribution is -2.44. The summed E-state index contributed by atoms with van der Waals surface area (Å²) in [6.45, 7) is 4.43. The van der Waals surface area contributed by atoms with Gasteiger partial charge in [0, 0.05) is 43.5 Å². The van der Waals surface area contributed by atoms with E-state index < -0.39 is 0 Å². The Morgan fingerprint density at radius 2 is 2.04 bits per heavy atom. The summed E-state index contributed by atoms with van der Waals surface area (Å²) in [5.41, 5.74) is 2.62. The molecule has 2 aromatic rings. The minimum atomic E-state index is 0.0228. The number of piperidine rings is 1. The normalized spacial score (nSPS) is 17.1. The summed E-state index contributed by atoms with van der Waals surface area (Å²) in [6.07, 6.45) is 5.43. The number of carbonyl (C=O) groups is 1. The van der Waals surface area contributed by atoms with Crippen LogP contribution in [0.15, 0.2) is 42.7 Å². The maximum Gasteiger partial charge on any atom is 0.225 e. The van der Waals surface area contributed by atoms with E-state index in [1.807, 2.05) is 17.8 Å². The molecule has 1 amide bonds. The first-order valence-electron chi connectivity index (χ1n) is 9.15. The van der Waals surface area contributed by atoms with E-state index in [9.17, 15) is 4.79 Å². The van der Waals surface area contributed by atoms with Crippen molar-refractivity contribution in [3.8, 4) is 0 Å². The van der Waals surface area contributed by atoms with Crippen LogP contribution in [-0.2, 0) is 10.5 Å². The predicted molar refractivity (Wildman–Crippen MR) is 107 cm³/mol. The van der Waals surface area contributed by atoms with Crippen molar-refractivity contribution < 1.29 is 4.79 Å². The molecule has 1 fully saturated rings. The number of carbonyl (C=O) groups excluding carboxylic acids is 1. The molecule has 2 heterocycles. The van der Waals surface area contributed by atoms with Crippen molar-refractivity contribution in [1.29, 1.82) is 0 Å². The number of hydrogen-bond acceptors (Lipinski definition) is 5. The molecule has 1 aromatic heterocycles. The molecule has 0 bridgehead atoms. The number of benzene rings is 1. The van der Waals surface area contributed by atoms with Gasteiger partial charge in [0.2, 0.25) is 11.9 Å². The first-order chi connectivity index (χ1) is 12.7. The summed E-state index contributed by atoms with van der Waals surface area (Å²) in [4.78, 5) is 23.2. The second-order valence-electron chi connectivity index (χ2n) is 6.66. The zero-order chi connectivity index (χ0) is 18.2. The van der Waals surface area contributed by atoms with Gasteiger partial charge in [-0.15, -0.1) is 0 Å². The van der Waals surface area contributed by atoms with Crippen LogP contribution in [0.3, 0.4) is 0 Å². The average molecular weight is 371 g/mol. The third-order valence-corrected chi connectivity index (χ3v) is 5.59. The standard InChI is InChI=1S/C20H26N4OS/c1-16-5-7-17(8-6-16)15-26-13-11-21-19(25)18-4-2-12-24(14-18)20-22-9-3-10-23-20/h3,5-10,18H,2,4,11-15H2,1H3,(H,21,25). The van der Waals surface area contributed by atoms with Gasteiger partial charge in [-0.25, -0.2) is 9.97 Å². The van der Waals surface area contributed by atoms with Gasteiger partial charge in [-0.1, -0.05) is 29.8 Å². The summed E-state index contributed by atoms with van der Waals surface area (Å²) in [7, 11) is 0. The molecule has 1 N–H and O–H groups in total. The third kappa shape index (κ3) is 5.46. The summed E-state index contributed by atoms with van der Waals surface area (Å²) in [6, 6.07) is 10.4. The van der Waals surface area contributed by atoms with Crippen LogP contribution < -0.4 is 10.2 Å². The van der Waals surface area contributed by atoms with Crippen molar-refractivity contribution in [2.75, 3.05) is 30.3 Å². The highest BCUT2D eigenvalue weighted by molar-refractivity contribution is 7.98. The van der Waals surface area contributed by atoms with Gasteiger partial charge in [0.05, 0.1) is 5.92 Å². The Balaban J connectivity index is 1.37. The van der Waals surface area contributed by atoms with E-state index in [1.54, 1.807) is 12.4 Å². The zero-order valence-corrected chi connectivity index (χ0v) is 16.0. The average Bonchev–Trinajstić information content (AvgIpc) is 2.70. The molecule has 1 saturated heterocycles. The van der Waals surface area contributed by atoms with Gasteiger partial charge >= 0.3 is 0 Å². The molecule has 3 rings (SSSR count). The number of anilines is 1. The van der Waals surface area contributed by atoms with Crippen LogP contribution in [0.5, 0.6) is 0 Å². The minimum Gasteiger partial charge on any atom is -0.355 e. The molecule has 0 radical (unpaired) electrons. The van der Waals surface area contributed by atoms with Crippen LogP contribution in [-0.4, -0.2) is 41.3 Å². The fraction of sp³-hybridized carbons (Fsp3) is 0.450. The molecule has 0 aliphatic carbocycles.